The van der Waals surface area contributed by atoms with E-state index in [-0.39, 0.29) is 11.0 Å². The molecule has 3 heterocycles. The monoisotopic (exact) mass is 308 g/mol. The molecule has 5 heteroatoms. The van der Waals surface area contributed by atoms with E-state index in [2.05, 4.69) is 36.4 Å². The molecule has 0 radical (unpaired) electrons. The van der Waals surface area contributed by atoms with E-state index < -0.39 is 0 Å². The number of halogens is 1. The highest BCUT2D eigenvalue weighted by atomic mass is 35.5. The standard InChI is InChI=1S/C16H25ClN4/c1-15(2,3)16-5-4-11(21-16)7-12(8-16)20-14-13(18)6-10(17)9-19-14/h6,9,11-12,21H,4-5,7-8,18H2,1-3H3,(H,19,20)/t11-,12+,16+/m0/s1. The molecule has 2 fully saturated rings. The second kappa shape index (κ2) is 5.03. The molecule has 116 valence electrons. The Kier molecular flexibility index (Phi) is 3.57. The topological polar surface area (TPSA) is 63.0 Å². The maximum Gasteiger partial charge on any atom is 0.149 e. The summed E-state index contributed by atoms with van der Waals surface area (Å²) >= 11 is 5.92. The van der Waals surface area contributed by atoms with Gasteiger partial charge in [0.1, 0.15) is 5.82 Å². The summed E-state index contributed by atoms with van der Waals surface area (Å²) in [5.74, 6) is 0.759. The second-order valence-corrected chi connectivity index (χ2v) is 8.02. The summed E-state index contributed by atoms with van der Waals surface area (Å²) in [7, 11) is 0. The minimum atomic E-state index is 0.217. The molecule has 21 heavy (non-hydrogen) atoms. The fourth-order valence-electron chi connectivity index (χ4n) is 3.92. The minimum Gasteiger partial charge on any atom is -0.396 e. The number of nitrogens with one attached hydrogen (secondary N) is 2. The number of rotatable bonds is 2. The molecule has 0 saturated carbocycles. The summed E-state index contributed by atoms with van der Waals surface area (Å²) in [5, 5.41) is 7.99. The summed E-state index contributed by atoms with van der Waals surface area (Å²) in [6.45, 7) is 7.00. The van der Waals surface area contributed by atoms with Crippen molar-refractivity contribution < 1.29 is 0 Å². The first-order valence-electron chi connectivity index (χ1n) is 7.74. The fourth-order valence-corrected chi connectivity index (χ4v) is 4.08. The van der Waals surface area contributed by atoms with Gasteiger partial charge in [-0.2, -0.15) is 0 Å². The van der Waals surface area contributed by atoms with Crippen LogP contribution in [-0.2, 0) is 0 Å². The lowest BCUT2D eigenvalue weighted by Crippen LogP contribution is -2.59. The van der Waals surface area contributed by atoms with E-state index in [0.717, 1.165) is 18.7 Å². The van der Waals surface area contributed by atoms with Crippen molar-refractivity contribution >= 4 is 23.1 Å². The Labute approximate surface area is 131 Å². The Morgan fingerprint density at radius 1 is 1.48 bits per heavy atom. The smallest absolute Gasteiger partial charge is 0.149 e. The number of nitrogens with two attached hydrogens (primary N) is 1. The molecule has 0 unspecified atom stereocenters. The Bertz CT molecular complexity index is 540. The average Bonchev–Trinajstić information content (AvgIpc) is 2.69. The lowest BCUT2D eigenvalue weighted by molar-refractivity contribution is 0.113. The van der Waals surface area contributed by atoms with Crippen LogP contribution in [0.25, 0.3) is 0 Å². The fraction of sp³-hybridized carbons (Fsp3) is 0.688. The first-order chi connectivity index (χ1) is 9.79. The highest BCUT2D eigenvalue weighted by molar-refractivity contribution is 6.30. The largest absolute Gasteiger partial charge is 0.396 e. The molecule has 3 rings (SSSR count). The molecular weight excluding hydrogens is 284 g/mol. The summed E-state index contributed by atoms with van der Waals surface area (Å²) < 4.78 is 0. The number of aromatic nitrogens is 1. The Hall–Kier alpha value is -1.00. The van der Waals surface area contributed by atoms with Crippen molar-refractivity contribution in [3.8, 4) is 0 Å². The Morgan fingerprint density at radius 3 is 2.90 bits per heavy atom. The van der Waals surface area contributed by atoms with Crippen molar-refractivity contribution in [2.45, 2.75) is 64.1 Å². The van der Waals surface area contributed by atoms with Gasteiger partial charge in [-0.15, -0.1) is 0 Å². The van der Waals surface area contributed by atoms with Gasteiger partial charge in [-0.05, 0) is 37.2 Å². The molecule has 1 aromatic rings. The van der Waals surface area contributed by atoms with Gasteiger partial charge in [0, 0.05) is 23.8 Å². The maximum atomic E-state index is 6.02. The van der Waals surface area contributed by atoms with Crippen molar-refractivity contribution in [2.24, 2.45) is 5.41 Å². The highest BCUT2D eigenvalue weighted by Gasteiger charge is 2.51. The van der Waals surface area contributed by atoms with Crippen LogP contribution in [0.5, 0.6) is 0 Å². The number of piperidine rings is 1. The normalized spacial score (nSPS) is 32.2. The van der Waals surface area contributed by atoms with E-state index in [9.17, 15) is 0 Å². The van der Waals surface area contributed by atoms with Gasteiger partial charge in [0.25, 0.3) is 0 Å². The molecule has 3 atom stereocenters. The summed E-state index contributed by atoms with van der Waals surface area (Å²) in [6.07, 6.45) is 6.40. The van der Waals surface area contributed by atoms with Gasteiger partial charge in [-0.25, -0.2) is 4.98 Å². The van der Waals surface area contributed by atoms with Crippen LogP contribution in [0.4, 0.5) is 11.5 Å². The average molecular weight is 309 g/mol. The van der Waals surface area contributed by atoms with Crippen LogP contribution in [0.3, 0.4) is 0 Å². The third-order valence-corrected chi connectivity index (χ3v) is 5.43. The van der Waals surface area contributed by atoms with Crippen LogP contribution in [0.2, 0.25) is 5.02 Å². The molecule has 0 aromatic carbocycles. The van der Waals surface area contributed by atoms with Crippen molar-refractivity contribution in [3.63, 3.8) is 0 Å². The number of hydrogen-bond acceptors (Lipinski definition) is 4. The van der Waals surface area contributed by atoms with Gasteiger partial charge in [0.05, 0.1) is 10.7 Å². The molecular formula is C16H25ClN4. The predicted molar refractivity (Wildman–Crippen MR) is 88.6 cm³/mol. The molecule has 1 aromatic heterocycles. The number of nitrogens with zero attached hydrogens (tertiary/aromatic N) is 1. The highest BCUT2D eigenvalue weighted by Crippen LogP contribution is 2.47. The number of nitrogen functional groups attached to an aromatic ring is 1. The van der Waals surface area contributed by atoms with Gasteiger partial charge in [-0.1, -0.05) is 32.4 Å². The number of fused-ring (bicyclic) bond motifs is 2. The van der Waals surface area contributed by atoms with E-state index in [1.165, 1.54) is 12.8 Å². The summed E-state index contributed by atoms with van der Waals surface area (Å²) in [4.78, 5) is 4.34. The second-order valence-electron chi connectivity index (χ2n) is 7.58. The molecule has 0 aliphatic carbocycles. The van der Waals surface area contributed by atoms with Crippen LogP contribution >= 0.6 is 11.6 Å². The molecule has 2 aliphatic rings. The van der Waals surface area contributed by atoms with E-state index in [4.69, 9.17) is 17.3 Å². The number of anilines is 2. The Morgan fingerprint density at radius 2 is 2.24 bits per heavy atom. The van der Waals surface area contributed by atoms with Gasteiger partial charge >= 0.3 is 0 Å². The van der Waals surface area contributed by atoms with Crippen LogP contribution in [0, 0.1) is 5.41 Å². The van der Waals surface area contributed by atoms with Crippen LogP contribution < -0.4 is 16.4 Å². The first kappa shape index (κ1) is 14.9. The first-order valence-corrected chi connectivity index (χ1v) is 8.12. The zero-order valence-electron chi connectivity index (χ0n) is 13.0. The van der Waals surface area contributed by atoms with Gasteiger partial charge in [0.2, 0.25) is 0 Å². The van der Waals surface area contributed by atoms with Gasteiger partial charge < -0.3 is 16.4 Å². The molecule has 2 aliphatic heterocycles. The van der Waals surface area contributed by atoms with Crippen molar-refractivity contribution in [1.82, 2.24) is 10.3 Å². The molecule has 0 amide bonds. The van der Waals surface area contributed by atoms with Crippen molar-refractivity contribution in [1.29, 1.82) is 0 Å². The Balaban J connectivity index is 1.78. The molecule has 4 N–H and O–H groups in total. The third kappa shape index (κ3) is 2.71. The zero-order valence-corrected chi connectivity index (χ0v) is 13.8. The van der Waals surface area contributed by atoms with Crippen molar-refractivity contribution in [3.05, 3.63) is 17.3 Å². The lowest BCUT2D eigenvalue weighted by Gasteiger charge is -2.48. The molecule has 2 saturated heterocycles. The molecule has 2 bridgehead atoms. The van der Waals surface area contributed by atoms with Gasteiger partial charge in [0.15, 0.2) is 0 Å². The lowest BCUT2D eigenvalue weighted by atomic mass is 9.68. The molecule has 0 spiro atoms. The summed E-state index contributed by atoms with van der Waals surface area (Å²) in [5.41, 5.74) is 7.11. The zero-order chi connectivity index (χ0) is 15.3. The summed E-state index contributed by atoms with van der Waals surface area (Å²) in [6, 6.07) is 2.77. The van der Waals surface area contributed by atoms with Crippen LogP contribution in [-0.4, -0.2) is 22.6 Å². The quantitative estimate of drug-likeness (QED) is 0.783. The SMILES string of the molecule is CC(C)(C)[C@@]12CC[C@@H](C[C@@H](Nc3ncc(Cl)cc3N)C1)N2. The van der Waals surface area contributed by atoms with E-state index in [1.54, 1.807) is 12.3 Å². The predicted octanol–water partition coefficient (Wildman–Crippen LogP) is 3.43. The minimum absolute atomic E-state index is 0.217. The molecule has 4 nitrogen and oxygen atoms in total. The van der Waals surface area contributed by atoms with E-state index >= 15 is 0 Å². The van der Waals surface area contributed by atoms with Crippen LogP contribution in [0.1, 0.15) is 46.5 Å². The van der Waals surface area contributed by atoms with E-state index in [1.807, 2.05) is 0 Å². The number of pyridine rings is 1. The number of hydrogen-bond donors (Lipinski definition) is 3. The maximum absolute atomic E-state index is 6.02. The van der Waals surface area contributed by atoms with Crippen molar-refractivity contribution in [2.75, 3.05) is 11.1 Å². The van der Waals surface area contributed by atoms with Gasteiger partial charge in [-0.3, -0.25) is 0 Å². The third-order valence-electron chi connectivity index (χ3n) is 5.22. The van der Waals surface area contributed by atoms with E-state index in [0.29, 0.717) is 22.8 Å². The van der Waals surface area contributed by atoms with Crippen LogP contribution in [0.15, 0.2) is 12.3 Å².